The van der Waals surface area contributed by atoms with Crippen molar-refractivity contribution in [2.45, 2.75) is 46.1 Å². The number of hydrogen-bond donors (Lipinski definition) is 1. The van der Waals surface area contributed by atoms with Crippen molar-refractivity contribution in [2.75, 3.05) is 62.7 Å². The summed E-state index contributed by atoms with van der Waals surface area (Å²) in [5.74, 6) is 0. The molecule has 2 aliphatic heterocycles. The molecule has 1 fully saturated rings. The maximum Gasteiger partial charge on any atom is 0.173 e. The molecule has 0 saturated carbocycles. The van der Waals surface area contributed by atoms with Crippen LogP contribution in [0.1, 0.15) is 42.9 Å². The molecule has 0 aliphatic carbocycles. The molecule has 6 heteroatoms. The van der Waals surface area contributed by atoms with Gasteiger partial charge in [-0.15, -0.1) is 0 Å². The van der Waals surface area contributed by atoms with Crippen LogP contribution in [0.5, 0.6) is 0 Å². The molecule has 0 radical (unpaired) electrons. The Hall–Kier alpha value is -2.15. The van der Waals surface area contributed by atoms with E-state index in [0.29, 0.717) is 0 Å². The van der Waals surface area contributed by atoms with Crippen LogP contribution in [0.4, 0.5) is 11.4 Å². The maximum atomic E-state index is 5.93. The third-order valence-corrected chi connectivity index (χ3v) is 7.27. The van der Waals surface area contributed by atoms with E-state index in [2.05, 4.69) is 76.3 Å². The van der Waals surface area contributed by atoms with E-state index in [1.807, 2.05) is 0 Å². The first-order valence-electron chi connectivity index (χ1n) is 12.9. The molecule has 2 aliphatic rings. The molecule has 0 amide bonds. The van der Waals surface area contributed by atoms with E-state index in [9.17, 15) is 0 Å². The number of fused-ring (bicyclic) bond motifs is 1. The smallest absolute Gasteiger partial charge is 0.173 e. The van der Waals surface area contributed by atoms with Crippen molar-refractivity contribution in [1.82, 2.24) is 9.80 Å². The highest BCUT2D eigenvalue weighted by atomic mass is 32.1. The van der Waals surface area contributed by atoms with Crippen molar-refractivity contribution >= 4 is 28.7 Å². The molecule has 0 unspecified atom stereocenters. The zero-order valence-electron chi connectivity index (χ0n) is 20.9. The Bertz CT molecular complexity index is 944. The Morgan fingerprint density at radius 1 is 1.09 bits per heavy atom. The lowest BCUT2D eigenvalue weighted by molar-refractivity contribution is 0.0368. The molecule has 5 nitrogen and oxygen atoms in total. The summed E-state index contributed by atoms with van der Waals surface area (Å²) in [5, 5.41) is 4.33. The Balaban J connectivity index is 1.45. The number of hydrogen-bond acceptors (Lipinski definition) is 4. The van der Waals surface area contributed by atoms with Crippen LogP contribution in [0, 0.1) is 6.92 Å². The monoisotopic (exact) mass is 480 g/mol. The van der Waals surface area contributed by atoms with Gasteiger partial charge in [-0.2, -0.15) is 0 Å². The summed E-state index contributed by atoms with van der Waals surface area (Å²) in [6, 6.07) is 15.4. The number of nitrogens with zero attached hydrogens (tertiary/aromatic N) is 3. The minimum absolute atomic E-state index is 0.807. The summed E-state index contributed by atoms with van der Waals surface area (Å²) >= 11 is 5.93. The van der Waals surface area contributed by atoms with Crippen molar-refractivity contribution in [3.63, 3.8) is 0 Å². The molecule has 0 spiro atoms. The van der Waals surface area contributed by atoms with Crippen LogP contribution in [0.25, 0.3) is 0 Å². The highest BCUT2D eigenvalue weighted by molar-refractivity contribution is 7.80. The molecular formula is C28H40N4OS. The van der Waals surface area contributed by atoms with Crippen LogP contribution in [0.2, 0.25) is 0 Å². The number of rotatable bonds is 9. The summed E-state index contributed by atoms with van der Waals surface area (Å²) in [4.78, 5) is 7.39. The van der Waals surface area contributed by atoms with Gasteiger partial charge in [-0.25, -0.2) is 0 Å². The summed E-state index contributed by atoms with van der Waals surface area (Å²) in [6.45, 7) is 13.3. The number of ether oxygens (including phenoxy) is 1. The van der Waals surface area contributed by atoms with Crippen LogP contribution in [0.15, 0.2) is 42.5 Å². The third kappa shape index (κ3) is 6.71. The van der Waals surface area contributed by atoms with E-state index in [1.165, 1.54) is 48.2 Å². The maximum absolute atomic E-state index is 5.93. The normalized spacial score (nSPS) is 16.2. The molecular weight excluding hydrogens is 440 g/mol. The molecule has 184 valence electrons. The molecule has 2 heterocycles. The lowest BCUT2D eigenvalue weighted by Crippen LogP contribution is -2.40. The van der Waals surface area contributed by atoms with Crippen molar-refractivity contribution in [3.05, 3.63) is 59.2 Å². The largest absolute Gasteiger partial charge is 0.379 e. The van der Waals surface area contributed by atoms with Crippen molar-refractivity contribution < 1.29 is 4.74 Å². The summed E-state index contributed by atoms with van der Waals surface area (Å²) in [7, 11) is 0. The summed E-state index contributed by atoms with van der Waals surface area (Å²) in [6.07, 6.45) is 4.70. The van der Waals surface area contributed by atoms with Gasteiger partial charge in [-0.3, -0.25) is 4.90 Å². The highest BCUT2D eigenvalue weighted by Crippen LogP contribution is 2.29. The zero-order chi connectivity index (χ0) is 23.8. The second-order valence-corrected chi connectivity index (χ2v) is 9.91. The predicted octanol–water partition coefficient (Wildman–Crippen LogP) is 5.08. The van der Waals surface area contributed by atoms with Gasteiger partial charge in [-0.05, 0) is 73.6 Å². The second-order valence-electron chi connectivity index (χ2n) is 9.53. The van der Waals surface area contributed by atoms with E-state index in [0.717, 1.165) is 69.7 Å². The molecule has 2 aromatic carbocycles. The van der Waals surface area contributed by atoms with E-state index >= 15 is 0 Å². The van der Waals surface area contributed by atoms with Gasteiger partial charge in [0.1, 0.15) is 0 Å². The predicted molar refractivity (Wildman–Crippen MR) is 147 cm³/mol. The Morgan fingerprint density at radius 2 is 1.91 bits per heavy atom. The van der Waals surface area contributed by atoms with Gasteiger partial charge < -0.3 is 19.9 Å². The number of nitrogens with one attached hydrogen (secondary N) is 1. The van der Waals surface area contributed by atoms with E-state index in [1.54, 1.807) is 0 Å². The van der Waals surface area contributed by atoms with Gasteiger partial charge in [0.15, 0.2) is 5.11 Å². The molecule has 1 N–H and O–H groups in total. The summed E-state index contributed by atoms with van der Waals surface area (Å²) in [5.41, 5.74) is 6.56. The number of thiocarbonyl (C=S) groups is 1. The van der Waals surface area contributed by atoms with Crippen LogP contribution < -0.4 is 10.2 Å². The average molecular weight is 481 g/mol. The van der Waals surface area contributed by atoms with Gasteiger partial charge in [-0.1, -0.05) is 37.3 Å². The fraction of sp³-hybridized carbons (Fsp3) is 0.536. The Kier molecular flexibility index (Phi) is 9.19. The number of anilines is 2. The first-order valence-corrected chi connectivity index (χ1v) is 13.3. The third-order valence-electron chi connectivity index (χ3n) is 6.91. The fourth-order valence-electron chi connectivity index (χ4n) is 5.02. The average Bonchev–Trinajstić information content (AvgIpc) is 2.86. The Morgan fingerprint density at radius 3 is 2.71 bits per heavy atom. The van der Waals surface area contributed by atoms with Crippen LogP contribution in [0.3, 0.4) is 0 Å². The van der Waals surface area contributed by atoms with E-state index < -0.39 is 0 Å². The lowest BCUT2D eigenvalue weighted by Gasteiger charge is -2.32. The van der Waals surface area contributed by atoms with Crippen LogP contribution in [-0.2, 0) is 17.7 Å². The molecule has 0 atom stereocenters. The van der Waals surface area contributed by atoms with E-state index in [4.69, 9.17) is 17.0 Å². The molecule has 0 bridgehead atoms. The molecule has 2 aromatic rings. The lowest BCUT2D eigenvalue weighted by atomic mass is 9.98. The molecule has 1 saturated heterocycles. The standard InChI is InChI=1S/C28H40N4OS/c1-3-13-31-15-6-9-25-21-24(11-12-27(25)31)22-32(16-7-14-30-17-19-33-20-18-30)28(34)29-26-10-5-4-8-23(26)2/h4-5,8,10-12,21H,3,6-7,9,13-20,22H2,1-2H3,(H,29,34). The minimum Gasteiger partial charge on any atom is -0.379 e. The molecule has 4 rings (SSSR count). The molecule has 0 aromatic heterocycles. The number of aryl methyl sites for hydroxylation is 2. The van der Waals surface area contributed by atoms with Crippen LogP contribution >= 0.6 is 12.2 Å². The van der Waals surface area contributed by atoms with Gasteiger partial charge in [0, 0.05) is 57.2 Å². The van der Waals surface area contributed by atoms with Gasteiger partial charge in [0.25, 0.3) is 0 Å². The quantitative estimate of drug-likeness (QED) is 0.504. The SMILES string of the molecule is CCCN1CCCc2cc(CN(CCCN3CCOCC3)C(=S)Nc3ccccc3C)ccc21. The fourth-order valence-corrected chi connectivity index (χ4v) is 5.28. The van der Waals surface area contributed by atoms with Crippen molar-refractivity contribution in [1.29, 1.82) is 0 Å². The second kappa shape index (κ2) is 12.5. The number of morpholine rings is 1. The van der Waals surface area contributed by atoms with Gasteiger partial charge in [0.05, 0.1) is 13.2 Å². The van der Waals surface area contributed by atoms with Gasteiger partial charge >= 0.3 is 0 Å². The number of benzene rings is 2. The zero-order valence-corrected chi connectivity index (χ0v) is 21.7. The Labute approximate surface area is 211 Å². The first kappa shape index (κ1) is 25.0. The topological polar surface area (TPSA) is 31.0 Å². The van der Waals surface area contributed by atoms with Crippen molar-refractivity contribution in [2.24, 2.45) is 0 Å². The minimum atomic E-state index is 0.807. The van der Waals surface area contributed by atoms with E-state index in [-0.39, 0.29) is 0 Å². The number of para-hydroxylation sites is 1. The van der Waals surface area contributed by atoms with Crippen molar-refractivity contribution in [3.8, 4) is 0 Å². The first-order chi connectivity index (χ1) is 16.6. The highest BCUT2D eigenvalue weighted by Gasteiger charge is 2.18. The molecule has 34 heavy (non-hydrogen) atoms. The summed E-state index contributed by atoms with van der Waals surface area (Å²) < 4.78 is 5.50. The van der Waals surface area contributed by atoms with Gasteiger partial charge in [0.2, 0.25) is 0 Å². The van der Waals surface area contributed by atoms with Crippen LogP contribution in [-0.4, -0.2) is 67.4 Å².